The Balaban J connectivity index is 0.000000239. The van der Waals surface area contributed by atoms with E-state index in [4.69, 9.17) is 0 Å². The number of phenols is 1. The van der Waals surface area contributed by atoms with E-state index in [1.165, 1.54) is 44.5 Å². The molecule has 0 atom stereocenters. The van der Waals surface area contributed by atoms with Crippen molar-refractivity contribution in [2.75, 3.05) is 4.90 Å². The van der Waals surface area contributed by atoms with Crippen LogP contribution in [-0.2, 0) is 57.6 Å². The fourth-order valence-corrected chi connectivity index (χ4v) is 10.0. The molecule has 9 rings (SSSR count). The molecule has 9 heteroatoms. The van der Waals surface area contributed by atoms with Gasteiger partial charge >= 0.3 is 0 Å². The molecular weight excluding hydrogens is 1030 g/mol. The number of rotatable bonds is 0. The normalized spacial score (nSPS) is 14.6. The predicted molar refractivity (Wildman–Crippen MR) is 317 cm³/mol. The highest BCUT2D eigenvalue weighted by molar-refractivity contribution is 9.11. The Labute approximate surface area is 457 Å². The molecule has 1 aliphatic carbocycles. The first-order chi connectivity index (χ1) is 32.8. The topological polar surface area (TPSA) is 90.3 Å². The number of hydrogen-bond donors (Lipinski definition) is 1. The lowest BCUT2D eigenvalue weighted by Crippen LogP contribution is -2.48. The van der Waals surface area contributed by atoms with Gasteiger partial charge in [-0.3, -0.25) is 19.4 Å². The van der Waals surface area contributed by atoms with E-state index in [-0.39, 0.29) is 65.5 Å². The number of phenolic OH excluding ortho intramolecular Hbond substituents is 1. The Morgan fingerprint density at radius 1 is 0.548 bits per heavy atom. The summed E-state index contributed by atoms with van der Waals surface area (Å²) in [5.41, 5.74) is 14.7. The number of aromatic hydroxyl groups is 1. The maximum atomic E-state index is 11.9. The summed E-state index contributed by atoms with van der Waals surface area (Å²) in [6.07, 6.45) is 5.69. The Morgan fingerprint density at radius 2 is 1.04 bits per heavy atom. The fourth-order valence-electron chi connectivity index (χ4n) is 8.82. The molecule has 1 N–H and O–H groups in total. The van der Waals surface area contributed by atoms with Gasteiger partial charge in [-0.1, -0.05) is 150 Å². The van der Waals surface area contributed by atoms with Crippen molar-refractivity contribution in [3.8, 4) is 5.75 Å². The summed E-state index contributed by atoms with van der Waals surface area (Å²) >= 11 is 6.62. The van der Waals surface area contributed by atoms with E-state index in [0.717, 1.165) is 44.4 Å². The highest BCUT2D eigenvalue weighted by atomic mass is 79.9. The van der Waals surface area contributed by atoms with E-state index in [9.17, 15) is 19.5 Å². The van der Waals surface area contributed by atoms with Gasteiger partial charge in [-0.25, -0.2) is 0 Å². The number of hydrogen-bond acceptors (Lipinski definition) is 5. The van der Waals surface area contributed by atoms with Crippen molar-refractivity contribution in [1.29, 1.82) is 0 Å². The summed E-state index contributed by atoms with van der Waals surface area (Å²) in [5.74, 6) is 0.967. The number of nitrogens with zero attached hydrogens (tertiary/aromatic N) is 3. The van der Waals surface area contributed by atoms with Crippen LogP contribution in [0.3, 0.4) is 0 Å². The smallest absolute Gasteiger partial charge is 0.231 e. The Morgan fingerprint density at radius 3 is 1.58 bits per heavy atom. The molecule has 3 heterocycles. The van der Waals surface area contributed by atoms with Crippen LogP contribution in [0.4, 0.5) is 5.69 Å². The highest BCUT2D eigenvalue weighted by Gasteiger charge is 2.35. The van der Waals surface area contributed by atoms with Crippen molar-refractivity contribution in [2.24, 2.45) is 10.4 Å². The molecule has 0 saturated heterocycles. The van der Waals surface area contributed by atoms with Crippen molar-refractivity contribution in [3.63, 3.8) is 0 Å². The van der Waals surface area contributed by atoms with E-state index in [0.29, 0.717) is 19.3 Å². The van der Waals surface area contributed by atoms with Crippen LogP contribution in [0.5, 0.6) is 5.75 Å². The number of aryl methyl sites for hydroxylation is 1. The average molecular weight is 1120 g/mol. The molecule has 73 heavy (non-hydrogen) atoms. The largest absolute Gasteiger partial charge is 0.506 e. The van der Waals surface area contributed by atoms with Gasteiger partial charge in [-0.05, 0) is 183 Å². The molecule has 5 aromatic carbocycles. The molecular formula is C64H85Br2N3O4. The number of fused-ring (bicyclic) bond motifs is 4. The number of benzene rings is 5. The third-order valence-corrected chi connectivity index (χ3v) is 14.2. The van der Waals surface area contributed by atoms with E-state index < -0.39 is 0 Å². The number of halogens is 2. The van der Waals surface area contributed by atoms with Gasteiger partial charge in [0, 0.05) is 41.5 Å². The number of allylic oxidation sites excluding steroid dienone is 1. The second-order valence-corrected chi connectivity index (χ2v) is 25.7. The lowest BCUT2D eigenvalue weighted by Gasteiger charge is -2.39. The number of amides is 2. The number of para-hydroxylation sites is 1. The summed E-state index contributed by atoms with van der Waals surface area (Å²) < 4.78 is 1.46. The molecule has 0 radical (unpaired) electrons. The minimum absolute atomic E-state index is 0. The first kappa shape index (κ1) is 62.2. The molecule has 7 nitrogen and oxygen atoms in total. The molecule has 2 amide bonds. The van der Waals surface area contributed by atoms with Crippen LogP contribution >= 0.6 is 31.9 Å². The lowest BCUT2D eigenvalue weighted by atomic mass is 9.78. The van der Waals surface area contributed by atoms with Crippen LogP contribution in [-0.4, -0.2) is 44.9 Å². The molecule has 3 aliphatic heterocycles. The molecule has 0 unspecified atom stereocenters. The Bertz CT molecular complexity index is 2800. The lowest BCUT2D eigenvalue weighted by molar-refractivity contribution is -0.137. The number of carbonyl (C=O) groups is 3. The Kier molecular flexibility index (Phi) is 20.9. The molecule has 4 aliphatic rings. The van der Waals surface area contributed by atoms with Crippen molar-refractivity contribution in [2.45, 2.75) is 180 Å². The molecule has 0 fully saturated rings. The Hall–Kier alpha value is -5.12. The van der Waals surface area contributed by atoms with Gasteiger partial charge in [0.05, 0.1) is 28.3 Å². The zero-order valence-electron chi connectivity index (χ0n) is 45.2. The second-order valence-electron chi connectivity index (χ2n) is 24.0. The van der Waals surface area contributed by atoms with E-state index in [1.807, 2.05) is 94.9 Å². The maximum Gasteiger partial charge on any atom is 0.231 e. The van der Waals surface area contributed by atoms with Crippen LogP contribution in [0, 0.1) is 12.3 Å². The second kappa shape index (κ2) is 24.5. The minimum Gasteiger partial charge on any atom is -0.506 e. The number of aliphatic imine (C=N–C) groups is 1. The first-order valence-electron chi connectivity index (χ1n) is 24.7. The third kappa shape index (κ3) is 16.2. The highest BCUT2D eigenvalue weighted by Crippen LogP contribution is 2.38. The first-order valence-corrected chi connectivity index (χ1v) is 26.3. The number of Topliss-reactive ketones (excluding diaryl/α,β-unsaturated/α-hetero) is 1. The van der Waals surface area contributed by atoms with Crippen molar-refractivity contribution >= 4 is 67.4 Å². The van der Waals surface area contributed by atoms with Gasteiger partial charge in [0.1, 0.15) is 5.75 Å². The molecule has 0 aromatic heterocycles. The molecule has 0 bridgehead atoms. The molecule has 0 saturated carbocycles. The van der Waals surface area contributed by atoms with Gasteiger partial charge in [-0.15, -0.1) is 0 Å². The summed E-state index contributed by atoms with van der Waals surface area (Å²) in [4.78, 5) is 43.8. The van der Waals surface area contributed by atoms with Crippen LogP contribution < -0.4 is 4.90 Å². The quantitative estimate of drug-likeness (QED) is 0.167. The fraction of sp³-hybridized carbons (Fsp3) is 0.438. The standard InChI is InChI=1S/C14H16O.C13H17NO.C13H17N.C12H15NO.C10H12Br2O.2CH4/c1-14(2,3)12-8-10-6-4-5-7-11(10)9-13(12)15;1-13(2,3)14-9-11-7-5-4-6-10(11)8-12(14)15;1-9-5-11(13(2,3)4)6-10-7-14-8-12(9)10;1-12(2,3)13-10-7-5-4-6-9(10)8-11(13)14;1-10(2,3)6-4-7(11)9(13)8(12)5-6;;/h4-8H,9H2,1-3H3;4-7H,8-9H2,1-3H3;5-7H,8H2,1-4H3;4-7H,8H2,1-3H3;4-5,13H,1-3H3;2*1H4. The van der Waals surface area contributed by atoms with Crippen molar-refractivity contribution in [3.05, 3.63) is 167 Å². The van der Waals surface area contributed by atoms with Crippen LogP contribution in [0.25, 0.3) is 6.08 Å². The predicted octanol–water partition coefficient (Wildman–Crippen LogP) is 16.7. The molecule has 0 spiro atoms. The summed E-state index contributed by atoms with van der Waals surface area (Å²) in [7, 11) is 0. The maximum absolute atomic E-state index is 11.9. The number of carbonyl (C=O) groups excluding carboxylic acids is 3. The van der Waals surface area contributed by atoms with Gasteiger partial charge in [0.2, 0.25) is 11.8 Å². The van der Waals surface area contributed by atoms with E-state index >= 15 is 0 Å². The zero-order valence-corrected chi connectivity index (χ0v) is 48.4. The minimum atomic E-state index is -0.121. The van der Waals surface area contributed by atoms with E-state index in [1.54, 1.807) is 0 Å². The SMILES string of the molecule is C.C.CC(C)(C)C1=Cc2ccccc2CC1=O.CC(C)(C)N1C(=O)Cc2ccccc21.CC(C)(C)N1Cc2ccccc2CC1=O.CC(C)(C)c1cc(Br)c(O)c(Br)c1.Cc1cc(C(C)(C)C)cc2c1CN=C2. The van der Waals surface area contributed by atoms with E-state index in [2.05, 4.69) is 172 Å². The van der Waals surface area contributed by atoms with Gasteiger partial charge < -0.3 is 14.9 Å². The van der Waals surface area contributed by atoms with Crippen molar-refractivity contribution < 1.29 is 19.5 Å². The monoisotopic (exact) mass is 1120 g/mol. The summed E-state index contributed by atoms with van der Waals surface area (Å²) in [5, 5.41) is 9.50. The summed E-state index contributed by atoms with van der Waals surface area (Å²) in [6.45, 7) is 35.7. The van der Waals surface area contributed by atoms with Crippen LogP contribution in [0.15, 0.2) is 117 Å². The van der Waals surface area contributed by atoms with Gasteiger partial charge in [0.15, 0.2) is 5.78 Å². The average Bonchev–Trinajstić information content (AvgIpc) is 3.89. The third-order valence-electron chi connectivity index (χ3n) is 12.9. The van der Waals surface area contributed by atoms with Gasteiger partial charge in [0.25, 0.3) is 0 Å². The van der Waals surface area contributed by atoms with Crippen LogP contribution in [0.1, 0.15) is 174 Å². The number of anilines is 1. The molecule has 394 valence electrons. The summed E-state index contributed by atoms with van der Waals surface area (Å²) in [6, 6.07) is 32.8. The zero-order chi connectivity index (χ0) is 53.0. The van der Waals surface area contributed by atoms with Crippen LogP contribution in [0.2, 0.25) is 0 Å². The van der Waals surface area contributed by atoms with Crippen molar-refractivity contribution in [1.82, 2.24) is 4.90 Å². The molecule has 5 aromatic rings. The number of ketones is 1. The van der Waals surface area contributed by atoms with Gasteiger partial charge in [-0.2, -0.15) is 0 Å².